The van der Waals surface area contributed by atoms with Crippen molar-refractivity contribution in [2.24, 2.45) is 5.73 Å². The van der Waals surface area contributed by atoms with Crippen molar-refractivity contribution in [3.05, 3.63) is 59.8 Å². The summed E-state index contributed by atoms with van der Waals surface area (Å²) in [4.78, 5) is 22.7. The topological polar surface area (TPSA) is 99.2 Å². The average molecular weight is 468 g/mol. The Morgan fingerprint density at radius 1 is 1.12 bits per heavy atom. The van der Waals surface area contributed by atoms with Crippen LogP contribution in [0.2, 0.25) is 0 Å². The summed E-state index contributed by atoms with van der Waals surface area (Å²) in [6.45, 7) is -0.117. The molecule has 1 aliphatic carbocycles. The van der Waals surface area contributed by atoms with Crippen molar-refractivity contribution >= 4 is 22.8 Å². The lowest BCUT2D eigenvalue weighted by atomic mass is 9.83. The number of carbonyl (C=O) groups excluding carboxylic acids is 2. The first-order chi connectivity index (χ1) is 15.4. The molecule has 3 N–H and O–H groups in total. The van der Waals surface area contributed by atoms with Crippen LogP contribution in [0.4, 0.5) is 22.0 Å². The third kappa shape index (κ3) is 4.65. The largest absolute Gasteiger partial charge is 0.490 e. The number of fused-ring (bicyclic) bond motifs is 1. The molecule has 4 rings (SSSR count). The number of hydrogen-bond acceptors (Lipinski definition) is 5. The fourth-order valence-electron chi connectivity index (χ4n) is 3.66. The van der Waals surface area contributed by atoms with E-state index in [4.69, 9.17) is 5.73 Å². The van der Waals surface area contributed by atoms with Gasteiger partial charge >= 0.3 is 12.1 Å². The van der Waals surface area contributed by atoms with Gasteiger partial charge in [-0.2, -0.15) is 18.3 Å². The number of aromatic nitrogens is 2. The number of carbonyl (C=O) groups is 2. The minimum atomic E-state index is -5.29. The van der Waals surface area contributed by atoms with Crippen molar-refractivity contribution in [2.75, 3.05) is 0 Å². The van der Waals surface area contributed by atoms with E-state index < -0.39 is 42.5 Å². The number of halogens is 5. The quantitative estimate of drug-likeness (QED) is 0.328. The van der Waals surface area contributed by atoms with Crippen LogP contribution in [0, 0.1) is 0 Å². The summed E-state index contributed by atoms with van der Waals surface area (Å²) in [5, 5.41) is 7.57. The summed E-state index contributed by atoms with van der Waals surface area (Å²) < 4.78 is 70.2. The normalized spacial score (nSPS) is 16.9. The molecule has 1 aromatic heterocycles. The maximum Gasteiger partial charge on any atom is 0.490 e. The number of ether oxygens (including phenoxy) is 1. The molecule has 1 saturated carbocycles. The molecule has 1 aliphatic rings. The van der Waals surface area contributed by atoms with Crippen molar-refractivity contribution in [1.82, 2.24) is 15.1 Å². The second kappa shape index (κ2) is 7.80. The highest BCUT2D eigenvalue weighted by Crippen LogP contribution is 2.47. The van der Waals surface area contributed by atoms with Crippen molar-refractivity contribution in [1.29, 1.82) is 0 Å². The highest BCUT2D eigenvalue weighted by Gasteiger charge is 2.61. The molecule has 174 valence electrons. The Morgan fingerprint density at radius 3 is 2.36 bits per heavy atom. The first-order valence-electron chi connectivity index (χ1n) is 9.68. The molecule has 3 aromatic rings. The van der Waals surface area contributed by atoms with Crippen LogP contribution in [0.1, 0.15) is 28.8 Å². The molecular formula is C21H17F5N4O3. The van der Waals surface area contributed by atoms with E-state index in [9.17, 15) is 31.5 Å². The lowest BCUT2D eigenvalue weighted by Gasteiger charge is -2.46. The number of rotatable bonds is 6. The minimum Gasteiger partial charge on any atom is -0.437 e. The van der Waals surface area contributed by atoms with Gasteiger partial charge in [0.2, 0.25) is 0 Å². The summed E-state index contributed by atoms with van der Waals surface area (Å²) in [5.41, 5.74) is 5.12. The number of esters is 1. The van der Waals surface area contributed by atoms with Gasteiger partial charge in [-0.3, -0.25) is 10.1 Å². The van der Waals surface area contributed by atoms with Crippen molar-refractivity contribution < 1.29 is 36.3 Å². The minimum absolute atomic E-state index is 0.117. The van der Waals surface area contributed by atoms with Crippen LogP contribution in [0.15, 0.2) is 48.7 Å². The number of benzene rings is 2. The summed E-state index contributed by atoms with van der Waals surface area (Å²) in [6, 6.07) is 11.5. The van der Waals surface area contributed by atoms with Crippen LogP contribution >= 0.6 is 0 Å². The predicted octanol–water partition coefficient (Wildman–Crippen LogP) is 3.44. The van der Waals surface area contributed by atoms with Crippen LogP contribution in [0.3, 0.4) is 0 Å². The van der Waals surface area contributed by atoms with E-state index >= 15 is 0 Å². The zero-order chi connectivity index (χ0) is 24.0. The van der Waals surface area contributed by atoms with Gasteiger partial charge in [-0.15, -0.1) is 0 Å². The van der Waals surface area contributed by atoms with Gasteiger partial charge in [-0.25, -0.2) is 18.3 Å². The molecule has 2 aromatic carbocycles. The average Bonchev–Trinajstić information content (AvgIpc) is 3.14. The van der Waals surface area contributed by atoms with Crippen molar-refractivity contribution in [3.8, 4) is 5.69 Å². The number of alkyl halides is 5. The molecule has 0 spiro atoms. The number of nitrogens with one attached hydrogen (secondary N) is 1. The molecule has 0 saturated heterocycles. The van der Waals surface area contributed by atoms with Gasteiger partial charge in [0.25, 0.3) is 11.8 Å². The molecule has 0 bridgehead atoms. The number of nitrogens with zero attached hydrogens (tertiary/aromatic N) is 2. The fourth-order valence-corrected chi connectivity index (χ4v) is 3.66. The highest BCUT2D eigenvalue weighted by atomic mass is 19.4. The first kappa shape index (κ1) is 22.6. The molecule has 33 heavy (non-hydrogen) atoms. The van der Waals surface area contributed by atoms with Crippen molar-refractivity contribution in [2.45, 2.75) is 37.2 Å². The maximum atomic E-state index is 13.4. The van der Waals surface area contributed by atoms with Gasteiger partial charge in [0.1, 0.15) is 5.52 Å². The SMILES string of the molecule is NC(=O)c1cccc2cn(-c3ccc(CNC4(OC(=O)C(F)(F)F)CC(F)(F)C4)cc3)nc12. The molecule has 1 heterocycles. The van der Waals surface area contributed by atoms with Gasteiger partial charge in [-0.1, -0.05) is 24.3 Å². The standard InChI is InChI=1S/C21H17F5N4O3/c22-19(23)10-20(11-19,33-18(32)21(24,25)26)28-8-12-4-6-14(7-5-12)30-9-13-2-1-3-15(17(27)31)16(13)29-30/h1-7,9,28H,8,10-11H2,(H2,27,31). The number of primary amides is 1. The van der Waals surface area contributed by atoms with Crippen molar-refractivity contribution in [3.63, 3.8) is 0 Å². The molecule has 0 aliphatic heterocycles. The molecule has 0 atom stereocenters. The maximum absolute atomic E-state index is 13.4. The van der Waals surface area contributed by atoms with E-state index in [1.54, 1.807) is 48.7 Å². The number of amides is 1. The van der Waals surface area contributed by atoms with E-state index in [-0.39, 0.29) is 12.1 Å². The Labute approximate surface area is 183 Å². The summed E-state index contributed by atoms with van der Waals surface area (Å²) in [7, 11) is 0. The molecule has 1 fully saturated rings. The van der Waals surface area contributed by atoms with Gasteiger partial charge in [0.15, 0.2) is 5.72 Å². The number of hydrogen-bond donors (Lipinski definition) is 2. The lowest BCUT2D eigenvalue weighted by Crippen LogP contribution is -2.63. The van der Waals surface area contributed by atoms with E-state index in [1.165, 1.54) is 4.68 Å². The Balaban J connectivity index is 1.48. The monoisotopic (exact) mass is 468 g/mol. The smallest absolute Gasteiger partial charge is 0.437 e. The van der Waals surface area contributed by atoms with E-state index in [0.717, 1.165) is 0 Å². The molecule has 1 amide bonds. The Hall–Kier alpha value is -3.54. The molecule has 0 unspecified atom stereocenters. The van der Waals surface area contributed by atoms with Crippen LogP contribution in [-0.4, -0.2) is 39.5 Å². The summed E-state index contributed by atoms with van der Waals surface area (Å²) in [6.07, 6.45) is -5.70. The summed E-state index contributed by atoms with van der Waals surface area (Å²) in [5.74, 6) is -6.37. The number of nitrogens with two attached hydrogens (primary N) is 1. The summed E-state index contributed by atoms with van der Waals surface area (Å²) >= 11 is 0. The Bertz CT molecular complexity index is 1210. The van der Waals surface area contributed by atoms with E-state index in [0.29, 0.717) is 22.2 Å². The Morgan fingerprint density at radius 2 is 1.79 bits per heavy atom. The second-order valence-corrected chi connectivity index (χ2v) is 7.79. The first-order valence-corrected chi connectivity index (χ1v) is 9.68. The van der Waals surface area contributed by atoms with Gasteiger partial charge in [0, 0.05) is 18.1 Å². The third-order valence-corrected chi connectivity index (χ3v) is 5.23. The fraction of sp³-hybridized carbons (Fsp3) is 0.286. The Kier molecular flexibility index (Phi) is 5.35. The molecule has 0 radical (unpaired) electrons. The zero-order valence-electron chi connectivity index (χ0n) is 16.8. The third-order valence-electron chi connectivity index (χ3n) is 5.23. The van der Waals surface area contributed by atoms with Gasteiger partial charge in [-0.05, 0) is 23.8 Å². The van der Waals surface area contributed by atoms with Crippen LogP contribution in [-0.2, 0) is 16.1 Å². The van der Waals surface area contributed by atoms with E-state index in [2.05, 4.69) is 15.2 Å². The second-order valence-electron chi connectivity index (χ2n) is 7.79. The van der Waals surface area contributed by atoms with E-state index in [1.807, 2.05) is 0 Å². The van der Waals surface area contributed by atoms with Gasteiger partial charge < -0.3 is 10.5 Å². The highest BCUT2D eigenvalue weighted by molar-refractivity contribution is 6.04. The van der Waals surface area contributed by atoms with Crippen LogP contribution < -0.4 is 11.1 Å². The lowest BCUT2D eigenvalue weighted by molar-refractivity contribution is -0.262. The molecule has 7 nitrogen and oxygen atoms in total. The van der Waals surface area contributed by atoms with Gasteiger partial charge in [0.05, 0.1) is 24.1 Å². The van der Waals surface area contributed by atoms with Crippen LogP contribution in [0.5, 0.6) is 0 Å². The van der Waals surface area contributed by atoms with Crippen LogP contribution in [0.25, 0.3) is 16.6 Å². The predicted molar refractivity (Wildman–Crippen MR) is 105 cm³/mol. The zero-order valence-corrected chi connectivity index (χ0v) is 16.8. The molecule has 12 heteroatoms. The molecular weight excluding hydrogens is 451 g/mol.